The third-order valence-electron chi connectivity index (χ3n) is 5.25. The van der Waals surface area contributed by atoms with E-state index in [2.05, 4.69) is 71.1 Å². The van der Waals surface area contributed by atoms with Crippen molar-refractivity contribution in [3.8, 4) is 0 Å². The van der Waals surface area contributed by atoms with Crippen molar-refractivity contribution >= 4 is 0 Å². The number of rotatable bonds is 12. The smallest absolute Gasteiger partial charge is 0.108 e. The first kappa shape index (κ1) is 20.7. The highest BCUT2D eigenvalue weighted by molar-refractivity contribution is 5.07. The van der Waals surface area contributed by atoms with Crippen LogP contribution in [0.5, 0.6) is 0 Å². The lowest BCUT2D eigenvalue weighted by Crippen LogP contribution is -2.22. The molecule has 0 aliphatic carbocycles. The van der Waals surface area contributed by atoms with E-state index in [0.29, 0.717) is 0 Å². The van der Waals surface area contributed by atoms with Crippen molar-refractivity contribution in [2.75, 3.05) is 20.1 Å². The highest BCUT2D eigenvalue weighted by Gasteiger charge is 2.09. The van der Waals surface area contributed by atoms with Crippen molar-refractivity contribution in [1.82, 2.24) is 24.0 Å². The molecule has 0 saturated heterocycles. The lowest BCUT2D eigenvalue weighted by atomic mass is 10.2. The monoisotopic (exact) mass is 359 g/mol. The minimum atomic E-state index is 1.02. The van der Waals surface area contributed by atoms with Crippen molar-refractivity contribution in [1.29, 1.82) is 0 Å². The van der Waals surface area contributed by atoms with Crippen LogP contribution in [0.25, 0.3) is 0 Å². The van der Waals surface area contributed by atoms with Gasteiger partial charge >= 0.3 is 0 Å². The molecule has 2 aromatic heterocycles. The van der Waals surface area contributed by atoms with E-state index in [0.717, 1.165) is 51.9 Å². The molecule has 0 saturated carbocycles. The van der Waals surface area contributed by atoms with Crippen LogP contribution in [0.4, 0.5) is 0 Å². The Kier molecular flexibility index (Phi) is 8.36. The molecule has 2 heterocycles. The molecule has 146 valence electrons. The maximum atomic E-state index is 4.55. The molecule has 0 fully saturated rings. The Bertz CT molecular complexity index is 599. The van der Waals surface area contributed by atoms with Crippen molar-refractivity contribution in [3.63, 3.8) is 0 Å². The maximum Gasteiger partial charge on any atom is 0.108 e. The van der Waals surface area contributed by atoms with Gasteiger partial charge in [-0.2, -0.15) is 0 Å². The first-order chi connectivity index (χ1) is 12.6. The summed E-state index contributed by atoms with van der Waals surface area (Å²) in [6, 6.07) is 0. The molecule has 0 N–H and O–H groups in total. The maximum absolute atomic E-state index is 4.55. The zero-order valence-corrected chi connectivity index (χ0v) is 17.5. The number of imidazole rings is 2. The SMILES string of the molecule is CCc1ncc(CCCN(C)CCCc2cnc(CC)n2CC)n1CC. The predicted molar refractivity (Wildman–Crippen MR) is 109 cm³/mol. The molecule has 0 amide bonds. The minimum absolute atomic E-state index is 1.02. The van der Waals surface area contributed by atoms with E-state index in [-0.39, 0.29) is 0 Å². The summed E-state index contributed by atoms with van der Waals surface area (Å²) in [4.78, 5) is 11.6. The van der Waals surface area contributed by atoms with Gasteiger partial charge in [-0.1, -0.05) is 13.8 Å². The van der Waals surface area contributed by atoms with Crippen molar-refractivity contribution in [2.24, 2.45) is 0 Å². The Hall–Kier alpha value is -1.62. The molecule has 0 aromatic carbocycles. The summed E-state index contributed by atoms with van der Waals surface area (Å²) >= 11 is 0. The highest BCUT2D eigenvalue weighted by atomic mass is 15.1. The predicted octanol–water partition coefficient (Wildman–Crippen LogP) is 3.74. The average molecular weight is 360 g/mol. The Morgan fingerprint density at radius 2 is 1.19 bits per heavy atom. The fourth-order valence-electron chi connectivity index (χ4n) is 3.81. The molecule has 5 heteroatoms. The van der Waals surface area contributed by atoms with Crippen LogP contribution in [0.1, 0.15) is 63.6 Å². The number of nitrogens with zero attached hydrogens (tertiary/aromatic N) is 5. The molecule has 0 aliphatic rings. The number of hydrogen-bond acceptors (Lipinski definition) is 3. The van der Waals surface area contributed by atoms with Crippen molar-refractivity contribution < 1.29 is 0 Å². The van der Waals surface area contributed by atoms with E-state index in [4.69, 9.17) is 0 Å². The van der Waals surface area contributed by atoms with Crippen LogP contribution in [0.3, 0.4) is 0 Å². The molecular formula is C21H37N5. The van der Waals surface area contributed by atoms with Gasteiger partial charge in [0.05, 0.1) is 0 Å². The number of aromatic nitrogens is 4. The highest BCUT2D eigenvalue weighted by Crippen LogP contribution is 2.11. The molecule has 26 heavy (non-hydrogen) atoms. The van der Waals surface area contributed by atoms with Crippen LogP contribution in [0.15, 0.2) is 12.4 Å². The Morgan fingerprint density at radius 3 is 1.54 bits per heavy atom. The fourth-order valence-corrected chi connectivity index (χ4v) is 3.81. The number of aryl methyl sites for hydroxylation is 4. The second kappa shape index (κ2) is 10.5. The summed E-state index contributed by atoms with van der Waals surface area (Å²) in [6.07, 6.45) is 10.8. The van der Waals surface area contributed by atoms with E-state index >= 15 is 0 Å². The third kappa shape index (κ3) is 5.19. The summed E-state index contributed by atoms with van der Waals surface area (Å²) in [7, 11) is 2.24. The van der Waals surface area contributed by atoms with Crippen LogP contribution < -0.4 is 0 Å². The Balaban J connectivity index is 1.72. The van der Waals surface area contributed by atoms with Gasteiger partial charge in [0, 0.05) is 49.7 Å². The molecule has 0 radical (unpaired) electrons. The van der Waals surface area contributed by atoms with E-state index in [1.54, 1.807) is 0 Å². The van der Waals surface area contributed by atoms with E-state index in [9.17, 15) is 0 Å². The van der Waals surface area contributed by atoms with Gasteiger partial charge in [-0.25, -0.2) is 9.97 Å². The lowest BCUT2D eigenvalue weighted by Gasteiger charge is -2.17. The Labute approximate surface area is 159 Å². The number of hydrogen-bond donors (Lipinski definition) is 0. The summed E-state index contributed by atoms with van der Waals surface area (Å²) in [5, 5.41) is 0. The molecule has 0 bridgehead atoms. The third-order valence-corrected chi connectivity index (χ3v) is 5.25. The van der Waals surface area contributed by atoms with Gasteiger partial charge in [0.15, 0.2) is 0 Å². The zero-order valence-electron chi connectivity index (χ0n) is 17.5. The van der Waals surface area contributed by atoms with Gasteiger partial charge < -0.3 is 14.0 Å². The molecule has 0 atom stereocenters. The summed E-state index contributed by atoms with van der Waals surface area (Å²) in [5.41, 5.74) is 2.77. The second-order valence-corrected chi connectivity index (χ2v) is 7.04. The van der Waals surface area contributed by atoms with Gasteiger partial charge in [-0.3, -0.25) is 0 Å². The largest absolute Gasteiger partial charge is 0.332 e. The molecule has 2 aromatic rings. The normalized spacial score (nSPS) is 11.6. The Morgan fingerprint density at radius 1 is 0.769 bits per heavy atom. The van der Waals surface area contributed by atoms with Crippen LogP contribution in [0, 0.1) is 0 Å². The van der Waals surface area contributed by atoms with E-state index in [1.807, 2.05) is 0 Å². The van der Waals surface area contributed by atoms with Crippen molar-refractivity contribution in [3.05, 3.63) is 35.4 Å². The fraction of sp³-hybridized carbons (Fsp3) is 0.714. The van der Waals surface area contributed by atoms with Crippen LogP contribution in [-0.4, -0.2) is 44.1 Å². The summed E-state index contributed by atoms with van der Waals surface area (Å²) in [5.74, 6) is 2.43. The molecular weight excluding hydrogens is 322 g/mol. The summed E-state index contributed by atoms with van der Waals surface area (Å²) < 4.78 is 4.74. The van der Waals surface area contributed by atoms with Gasteiger partial charge in [0.25, 0.3) is 0 Å². The quantitative estimate of drug-likeness (QED) is 0.579. The average Bonchev–Trinajstić information content (AvgIpc) is 3.24. The molecule has 5 nitrogen and oxygen atoms in total. The van der Waals surface area contributed by atoms with Crippen LogP contribution in [0.2, 0.25) is 0 Å². The lowest BCUT2D eigenvalue weighted by molar-refractivity contribution is 0.323. The van der Waals surface area contributed by atoms with Crippen LogP contribution in [-0.2, 0) is 38.8 Å². The first-order valence-corrected chi connectivity index (χ1v) is 10.4. The molecule has 0 aliphatic heterocycles. The molecule has 0 spiro atoms. The second-order valence-electron chi connectivity index (χ2n) is 7.04. The van der Waals surface area contributed by atoms with Gasteiger partial charge in [0.2, 0.25) is 0 Å². The molecule has 0 unspecified atom stereocenters. The van der Waals surface area contributed by atoms with Crippen molar-refractivity contribution in [2.45, 2.75) is 79.3 Å². The van der Waals surface area contributed by atoms with E-state index < -0.39 is 0 Å². The standard InChI is InChI=1S/C21H37N5/c1-6-20-22-16-18(25(20)8-3)12-10-14-24(5)15-11-13-19-17-23-21(7-2)26(19)9-4/h16-17H,6-15H2,1-5H3. The molecule has 2 rings (SSSR count). The van der Waals surface area contributed by atoms with Gasteiger partial charge in [0.1, 0.15) is 11.6 Å². The van der Waals surface area contributed by atoms with E-state index in [1.165, 1.54) is 35.9 Å². The van der Waals surface area contributed by atoms with Gasteiger partial charge in [-0.05, 0) is 59.7 Å². The topological polar surface area (TPSA) is 38.9 Å². The van der Waals surface area contributed by atoms with Crippen LogP contribution >= 0.6 is 0 Å². The zero-order chi connectivity index (χ0) is 18.9. The summed E-state index contributed by atoms with van der Waals surface area (Å²) in [6.45, 7) is 13.1. The first-order valence-electron chi connectivity index (χ1n) is 10.4. The minimum Gasteiger partial charge on any atom is -0.332 e. The van der Waals surface area contributed by atoms with Gasteiger partial charge in [-0.15, -0.1) is 0 Å².